The molecule has 0 bridgehead atoms. The topological polar surface area (TPSA) is 123 Å². The summed E-state index contributed by atoms with van der Waals surface area (Å²) in [6, 6.07) is 7.36. The molecule has 0 atom stereocenters. The van der Waals surface area contributed by atoms with Crippen molar-refractivity contribution in [3.05, 3.63) is 82.9 Å². The number of nitriles is 1. The van der Waals surface area contributed by atoms with Gasteiger partial charge in [-0.3, -0.25) is 0 Å². The number of hydrogen-bond acceptors (Lipinski definition) is 7. The van der Waals surface area contributed by atoms with E-state index in [2.05, 4.69) is 13.7 Å². The minimum absolute atomic E-state index is 0.0000260. The van der Waals surface area contributed by atoms with Crippen molar-refractivity contribution < 1.29 is 8.83 Å². The molecule has 5 rings (SSSR count). The molecular weight excluding hydrogens is 364 g/mol. The summed E-state index contributed by atoms with van der Waals surface area (Å²) in [5.74, 6) is 0. The van der Waals surface area contributed by atoms with Crippen molar-refractivity contribution in [1.29, 1.82) is 5.26 Å². The van der Waals surface area contributed by atoms with Gasteiger partial charge in [0.15, 0.2) is 0 Å². The van der Waals surface area contributed by atoms with Gasteiger partial charge in [0.05, 0.1) is 33.7 Å². The second kappa shape index (κ2) is 5.00. The van der Waals surface area contributed by atoms with Crippen LogP contribution in [0.1, 0.15) is 5.56 Å². The molecule has 0 aliphatic rings. The quantitative estimate of drug-likeness (QED) is 0.303. The van der Waals surface area contributed by atoms with Crippen LogP contribution in [0.3, 0.4) is 0 Å². The molecule has 130 valence electrons. The number of benzene rings is 3. The third kappa shape index (κ3) is 1.76. The van der Waals surface area contributed by atoms with E-state index < -0.39 is 22.5 Å². The average molecular weight is 368 g/mol. The Hall–Kier alpha value is -4.56. The maximum absolute atomic E-state index is 11.9. The monoisotopic (exact) mass is 368 g/mol. The Morgan fingerprint density at radius 3 is 1.36 bits per heavy atom. The van der Waals surface area contributed by atoms with E-state index in [0.717, 1.165) is 0 Å². The Kier molecular flexibility index (Phi) is 2.80. The molecule has 3 aromatic carbocycles. The number of hydrogen-bond donors (Lipinski definition) is 0. The van der Waals surface area contributed by atoms with Gasteiger partial charge in [0.2, 0.25) is 5.69 Å². The Bertz CT molecular complexity index is 1570. The molecule has 5 aromatic rings. The predicted octanol–water partition coefficient (Wildman–Crippen LogP) is 2.22. The minimum atomic E-state index is -0.835. The zero-order chi connectivity index (χ0) is 19.7. The summed E-state index contributed by atoms with van der Waals surface area (Å²) in [4.78, 5) is 51.0. The molecule has 28 heavy (non-hydrogen) atoms. The summed E-state index contributed by atoms with van der Waals surface area (Å²) in [6.45, 7) is 7.58. The predicted molar refractivity (Wildman–Crippen MR) is 99.4 cm³/mol. The van der Waals surface area contributed by atoms with Gasteiger partial charge < -0.3 is 8.83 Å². The molecule has 0 aliphatic heterocycles. The molecule has 8 nitrogen and oxygen atoms in total. The Morgan fingerprint density at radius 2 is 1.04 bits per heavy atom. The van der Waals surface area contributed by atoms with Crippen LogP contribution in [0.5, 0.6) is 0 Å². The molecule has 0 unspecified atom stereocenters. The van der Waals surface area contributed by atoms with E-state index in [0.29, 0.717) is 0 Å². The molecule has 0 fully saturated rings. The van der Waals surface area contributed by atoms with Crippen molar-refractivity contribution in [3.63, 3.8) is 0 Å². The summed E-state index contributed by atoms with van der Waals surface area (Å²) in [6.07, 6.45) is 0. The molecule has 8 heteroatoms. The van der Waals surface area contributed by atoms with Crippen molar-refractivity contribution >= 4 is 48.8 Å². The van der Waals surface area contributed by atoms with Gasteiger partial charge >= 0.3 is 22.5 Å². The summed E-state index contributed by atoms with van der Waals surface area (Å²) < 4.78 is 9.19. The van der Waals surface area contributed by atoms with E-state index in [-0.39, 0.29) is 54.3 Å². The van der Waals surface area contributed by atoms with Crippen LogP contribution in [0.4, 0.5) is 5.69 Å². The molecule has 0 saturated carbocycles. The van der Waals surface area contributed by atoms with E-state index in [1.807, 2.05) is 6.07 Å². The van der Waals surface area contributed by atoms with E-state index in [4.69, 9.17) is 6.57 Å². The van der Waals surface area contributed by atoms with Crippen molar-refractivity contribution in [2.24, 2.45) is 0 Å². The maximum atomic E-state index is 11.9. The third-order valence-corrected chi connectivity index (χ3v) is 4.84. The van der Waals surface area contributed by atoms with Crippen LogP contribution in [-0.4, -0.2) is 0 Å². The van der Waals surface area contributed by atoms with Gasteiger partial charge in [-0.1, -0.05) is 0 Å². The van der Waals surface area contributed by atoms with Crippen LogP contribution < -0.4 is 22.5 Å². The highest BCUT2D eigenvalue weighted by Gasteiger charge is 2.20. The van der Waals surface area contributed by atoms with Gasteiger partial charge in [-0.25, -0.2) is 24.0 Å². The van der Waals surface area contributed by atoms with Crippen LogP contribution in [0.15, 0.2) is 52.3 Å². The first-order chi connectivity index (χ1) is 13.4. The second-order valence-corrected chi connectivity index (χ2v) is 6.19. The highest BCUT2D eigenvalue weighted by atomic mass is 16.4. The third-order valence-electron chi connectivity index (χ3n) is 4.84. The summed E-state index contributed by atoms with van der Waals surface area (Å²) in [5, 5.41) is 10.8. The van der Waals surface area contributed by atoms with E-state index >= 15 is 0 Å². The van der Waals surface area contributed by atoms with Crippen LogP contribution >= 0.6 is 0 Å². The molecule has 0 spiro atoms. The first kappa shape index (κ1) is 15.7. The highest BCUT2D eigenvalue weighted by molar-refractivity contribution is 6.20. The fraction of sp³-hybridized carbons (Fsp3) is 0. The lowest BCUT2D eigenvalue weighted by Crippen LogP contribution is -1.94. The first-order valence-electron chi connectivity index (χ1n) is 7.86. The van der Waals surface area contributed by atoms with Crippen LogP contribution in [0.25, 0.3) is 47.9 Å². The van der Waals surface area contributed by atoms with E-state index in [9.17, 15) is 24.4 Å². The molecule has 0 aliphatic carbocycles. The van der Waals surface area contributed by atoms with Gasteiger partial charge in [-0.05, 0) is 45.8 Å². The van der Waals surface area contributed by atoms with Crippen LogP contribution in [-0.2, 0) is 0 Å². The fourth-order valence-electron chi connectivity index (χ4n) is 3.60. The lowest BCUT2D eigenvalue weighted by Gasteiger charge is -2.09. The lowest BCUT2D eigenvalue weighted by atomic mass is 9.93. The zero-order valence-electron chi connectivity index (χ0n) is 13.7. The van der Waals surface area contributed by atoms with E-state index in [1.54, 1.807) is 0 Å². The minimum Gasteiger partial charge on any atom is -0.386 e. The Balaban J connectivity index is 2.19. The van der Waals surface area contributed by atoms with Crippen molar-refractivity contribution in [2.45, 2.75) is 0 Å². The Labute approximate surface area is 152 Å². The molecule has 2 aromatic heterocycles. The zero-order valence-corrected chi connectivity index (χ0v) is 13.7. The number of fused-ring (bicyclic) bond motifs is 4. The van der Waals surface area contributed by atoms with Gasteiger partial charge in [0.1, 0.15) is 6.07 Å². The SMILES string of the molecule is [C-]#[N+]c1c2cc3c(=O)oc(=O)c3cc2c(C#N)c2cc3c(=O)oc(=O)c3cc12. The van der Waals surface area contributed by atoms with Crippen molar-refractivity contribution in [1.82, 2.24) is 0 Å². The first-order valence-corrected chi connectivity index (χ1v) is 7.86. The molecule has 0 saturated heterocycles. The van der Waals surface area contributed by atoms with Crippen LogP contribution in [0.2, 0.25) is 0 Å². The highest BCUT2D eigenvalue weighted by Crippen LogP contribution is 2.40. The standard InChI is InChI=1S/C20H4N2O6/c1-22-16-9-4-13-11(17(23)27-19(13)25)2-7(9)15(6-21)8-3-12-14(5-10(8)16)20(26)28-18(12)24/h2-5H. The number of nitrogens with zero attached hydrogens (tertiary/aromatic N) is 2. The maximum Gasteiger partial charge on any atom is 0.346 e. The van der Waals surface area contributed by atoms with Gasteiger partial charge in [0.25, 0.3) is 0 Å². The molecule has 2 heterocycles. The summed E-state index contributed by atoms with van der Waals surface area (Å²) >= 11 is 0. The number of furan rings is 2. The molecule has 0 radical (unpaired) electrons. The normalized spacial score (nSPS) is 11.4. The van der Waals surface area contributed by atoms with Crippen LogP contribution in [0, 0.1) is 17.9 Å². The van der Waals surface area contributed by atoms with E-state index in [1.165, 1.54) is 24.3 Å². The lowest BCUT2D eigenvalue weighted by molar-refractivity contribution is 0.499. The second-order valence-electron chi connectivity index (χ2n) is 6.19. The summed E-state index contributed by atoms with van der Waals surface area (Å²) in [5.41, 5.74) is -3.16. The molecular formula is C20H4N2O6. The Morgan fingerprint density at radius 1 is 0.679 bits per heavy atom. The largest absolute Gasteiger partial charge is 0.386 e. The van der Waals surface area contributed by atoms with Gasteiger partial charge in [-0.15, -0.1) is 0 Å². The smallest absolute Gasteiger partial charge is 0.346 e. The average Bonchev–Trinajstić information content (AvgIpc) is 3.11. The van der Waals surface area contributed by atoms with Gasteiger partial charge in [0, 0.05) is 0 Å². The summed E-state index contributed by atoms with van der Waals surface area (Å²) in [7, 11) is 0. The number of rotatable bonds is 0. The fourth-order valence-corrected chi connectivity index (χ4v) is 3.60. The van der Waals surface area contributed by atoms with Crippen molar-refractivity contribution in [2.75, 3.05) is 0 Å². The molecule has 0 amide bonds. The van der Waals surface area contributed by atoms with Crippen molar-refractivity contribution in [3.8, 4) is 6.07 Å². The molecule has 0 N–H and O–H groups in total. The van der Waals surface area contributed by atoms with Gasteiger partial charge in [-0.2, -0.15) is 5.26 Å².